The van der Waals surface area contributed by atoms with Crippen LogP contribution in [0.2, 0.25) is 0 Å². The molecule has 0 atom stereocenters. The molecule has 3 rings (SSSR count). The van der Waals surface area contributed by atoms with E-state index in [0.717, 1.165) is 16.9 Å². The van der Waals surface area contributed by atoms with Gasteiger partial charge in [-0.2, -0.15) is 0 Å². The number of amides is 1. The summed E-state index contributed by atoms with van der Waals surface area (Å²) in [6, 6.07) is 9.63. The van der Waals surface area contributed by atoms with Gasteiger partial charge in [-0.15, -0.1) is 0 Å². The summed E-state index contributed by atoms with van der Waals surface area (Å²) in [5, 5.41) is 2.74. The zero-order valence-corrected chi connectivity index (χ0v) is 12.7. The topological polar surface area (TPSA) is 57.8 Å². The third-order valence-electron chi connectivity index (χ3n) is 3.04. The Labute approximate surface area is 128 Å². The maximum atomic E-state index is 13.4. The molecule has 4 nitrogen and oxygen atoms in total. The van der Waals surface area contributed by atoms with E-state index in [1.54, 1.807) is 18.2 Å². The van der Waals surface area contributed by atoms with Crippen LogP contribution in [0.15, 0.2) is 40.9 Å². The molecule has 0 fully saturated rings. The molecular weight excluding hydrogens is 337 g/mol. The second kappa shape index (κ2) is 5.29. The first-order chi connectivity index (χ1) is 10.0. The van der Waals surface area contributed by atoms with Crippen LogP contribution in [-0.4, -0.2) is 15.9 Å². The van der Waals surface area contributed by atoms with Crippen LogP contribution in [0.25, 0.3) is 11.0 Å². The second-order valence-electron chi connectivity index (χ2n) is 4.64. The summed E-state index contributed by atoms with van der Waals surface area (Å²) in [7, 11) is 0. The van der Waals surface area contributed by atoms with Crippen molar-refractivity contribution in [3.05, 3.63) is 58.1 Å². The average molecular weight is 348 g/mol. The van der Waals surface area contributed by atoms with Gasteiger partial charge < -0.3 is 10.3 Å². The highest BCUT2D eigenvalue weighted by atomic mass is 79.9. The number of hydrogen-bond acceptors (Lipinski definition) is 2. The minimum Gasteiger partial charge on any atom is -0.342 e. The summed E-state index contributed by atoms with van der Waals surface area (Å²) in [4.78, 5) is 19.5. The van der Waals surface area contributed by atoms with Crippen molar-refractivity contribution in [1.29, 1.82) is 0 Å². The Kier molecular flexibility index (Phi) is 3.47. The number of nitrogens with one attached hydrogen (secondary N) is 2. The molecule has 106 valence electrons. The third-order valence-corrected chi connectivity index (χ3v) is 3.68. The Morgan fingerprint density at radius 3 is 2.86 bits per heavy atom. The summed E-state index contributed by atoms with van der Waals surface area (Å²) in [5.41, 5.74) is 2.56. The first-order valence-electron chi connectivity index (χ1n) is 6.26. The molecule has 0 spiro atoms. The Morgan fingerprint density at radius 2 is 2.10 bits per heavy atom. The van der Waals surface area contributed by atoms with Gasteiger partial charge in [0, 0.05) is 11.3 Å². The highest BCUT2D eigenvalue weighted by Gasteiger charge is 2.10. The number of halogens is 2. The fourth-order valence-electron chi connectivity index (χ4n) is 2.06. The Morgan fingerprint density at radius 1 is 1.29 bits per heavy atom. The SMILES string of the molecule is Cc1nc2ccc(NC(=O)c3ccc(Br)c(F)c3)cc2[nH]1. The summed E-state index contributed by atoms with van der Waals surface area (Å²) in [5.74, 6) is -0.0252. The summed E-state index contributed by atoms with van der Waals surface area (Å²) < 4.78 is 13.8. The number of hydrogen-bond donors (Lipinski definition) is 2. The van der Waals surface area contributed by atoms with Gasteiger partial charge in [0.05, 0.1) is 15.5 Å². The monoisotopic (exact) mass is 347 g/mol. The van der Waals surface area contributed by atoms with E-state index in [4.69, 9.17) is 0 Å². The van der Waals surface area contributed by atoms with Gasteiger partial charge >= 0.3 is 0 Å². The predicted octanol–water partition coefficient (Wildman–Crippen LogP) is 4.03. The molecule has 0 aliphatic carbocycles. The van der Waals surface area contributed by atoms with E-state index in [2.05, 4.69) is 31.2 Å². The minimum absolute atomic E-state index is 0.261. The van der Waals surface area contributed by atoms with Crippen LogP contribution in [0, 0.1) is 12.7 Å². The van der Waals surface area contributed by atoms with Crippen LogP contribution in [-0.2, 0) is 0 Å². The van der Waals surface area contributed by atoms with Crippen LogP contribution in [0.5, 0.6) is 0 Å². The van der Waals surface area contributed by atoms with Gasteiger partial charge in [0.15, 0.2) is 0 Å². The number of imidazole rings is 1. The van der Waals surface area contributed by atoms with Gasteiger partial charge in [-0.25, -0.2) is 9.37 Å². The third kappa shape index (κ3) is 2.80. The zero-order chi connectivity index (χ0) is 15.0. The van der Waals surface area contributed by atoms with Crippen molar-refractivity contribution in [3.8, 4) is 0 Å². The first kappa shape index (κ1) is 13.8. The number of aromatic amines is 1. The van der Waals surface area contributed by atoms with Crippen LogP contribution in [0.4, 0.5) is 10.1 Å². The number of anilines is 1. The number of benzene rings is 2. The van der Waals surface area contributed by atoms with Gasteiger partial charge in [-0.05, 0) is 59.3 Å². The van der Waals surface area contributed by atoms with Crippen LogP contribution >= 0.6 is 15.9 Å². The smallest absolute Gasteiger partial charge is 0.255 e. The number of H-pyrrole nitrogens is 1. The molecule has 0 bridgehead atoms. The molecule has 1 amide bonds. The largest absolute Gasteiger partial charge is 0.342 e. The van der Waals surface area contributed by atoms with E-state index in [-0.39, 0.29) is 11.5 Å². The van der Waals surface area contributed by atoms with Crippen LogP contribution < -0.4 is 5.32 Å². The lowest BCUT2D eigenvalue weighted by molar-refractivity contribution is 0.102. The van der Waals surface area contributed by atoms with Crippen LogP contribution in [0.1, 0.15) is 16.2 Å². The number of rotatable bonds is 2. The molecule has 0 radical (unpaired) electrons. The number of fused-ring (bicyclic) bond motifs is 1. The van der Waals surface area contributed by atoms with Gasteiger partial charge in [0.2, 0.25) is 0 Å². The molecule has 1 aromatic heterocycles. The van der Waals surface area contributed by atoms with Crippen molar-refractivity contribution in [1.82, 2.24) is 9.97 Å². The van der Waals surface area contributed by atoms with Crippen LogP contribution in [0.3, 0.4) is 0 Å². The zero-order valence-electron chi connectivity index (χ0n) is 11.1. The molecule has 0 unspecified atom stereocenters. The fourth-order valence-corrected chi connectivity index (χ4v) is 2.30. The minimum atomic E-state index is -0.470. The maximum absolute atomic E-state index is 13.4. The second-order valence-corrected chi connectivity index (χ2v) is 5.49. The normalized spacial score (nSPS) is 10.8. The van der Waals surface area contributed by atoms with Gasteiger partial charge in [0.25, 0.3) is 5.91 Å². The van der Waals surface area contributed by atoms with Crippen molar-refractivity contribution in [2.75, 3.05) is 5.32 Å². The molecule has 3 aromatic rings. The van der Waals surface area contributed by atoms with Crippen molar-refractivity contribution in [3.63, 3.8) is 0 Å². The Balaban J connectivity index is 1.86. The van der Waals surface area contributed by atoms with Crippen molar-refractivity contribution in [2.24, 2.45) is 0 Å². The molecule has 0 aliphatic rings. The summed E-state index contributed by atoms with van der Waals surface area (Å²) in [6.07, 6.45) is 0. The molecule has 2 aromatic carbocycles. The fraction of sp³-hybridized carbons (Fsp3) is 0.0667. The van der Waals surface area contributed by atoms with Crippen molar-refractivity contribution >= 4 is 38.6 Å². The number of carbonyl (C=O) groups excluding carboxylic acids is 1. The quantitative estimate of drug-likeness (QED) is 0.735. The van der Waals surface area contributed by atoms with E-state index >= 15 is 0 Å². The molecule has 21 heavy (non-hydrogen) atoms. The van der Waals surface area contributed by atoms with Crippen molar-refractivity contribution in [2.45, 2.75) is 6.92 Å². The molecule has 0 aliphatic heterocycles. The number of aromatic nitrogens is 2. The Bertz CT molecular complexity index is 844. The van der Waals surface area contributed by atoms with Gasteiger partial charge in [0.1, 0.15) is 11.6 Å². The molecule has 2 N–H and O–H groups in total. The Hall–Kier alpha value is -2.21. The van der Waals surface area contributed by atoms with Gasteiger partial charge in [-0.3, -0.25) is 4.79 Å². The predicted molar refractivity (Wildman–Crippen MR) is 82.9 cm³/mol. The standard InChI is InChI=1S/C15H11BrFN3O/c1-8-18-13-5-3-10(7-14(13)19-8)20-15(21)9-2-4-11(16)12(17)6-9/h2-7H,1H3,(H,18,19)(H,20,21). The van der Waals surface area contributed by atoms with Gasteiger partial charge in [-0.1, -0.05) is 0 Å². The number of nitrogens with zero attached hydrogens (tertiary/aromatic N) is 1. The van der Waals surface area contributed by atoms with E-state index in [9.17, 15) is 9.18 Å². The maximum Gasteiger partial charge on any atom is 0.255 e. The van der Waals surface area contributed by atoms with E-state index in [1.165, 1.54) is 12.1 Å². The van der Waals surface area contributed by atoms with Crippen molar-refractivity contribution < 1.29 is 9.18 Å². The molecule has 1 heterocycles. The lowest BCUT2D eigenvalue weighted by Crippen LogP contribution is -2.12. The lowest BCUT2D eigenvalue weighted by atomic mass is 10.2. The highest BCUT2D eigenvalue weighted by molar-refractivity contribution is 9.10. The summed E-state index contributed by atoms with van der Waals surface area (Å²) >= 11 is 3.06. The molecule has 0 saturated carbocycles. The van der Waals surface area contributed by atoms with E-state index in [0.29, 0.717) is 10.2 Å². The lowest BCUT2D eigenvalue weighted by Gasteiger charge is -2.06. The number of aryl methyl sites for hydroxylation is 1. The average Bonchev–Trinajstić information content (AvgIpc) is 2.81. The first-order valence-corrected chi connectivity index (χ1v) is 7.05. The molecule has 6 heteroatoms. The van der Waals surface area contributed by atoms with E-state index < -0.39 is 5.82 Å². The number of carbonyl (C=O) groups is 1. The summed E-state index contributed by atoms with van der Waals surface area (Å²) in [6.45, 7) is 1.86. The highest BCUT2D eigenvalue weighted by Crippen LogP contribution is 2.20. The molecule has 0 saturated heterocycles. The van der Waals surface area contributed by atoms with E-state index in [1.807, 2.05) is 13.0 Å². The molecular formula is C15H11BrFN3O.